The number of hydrogen-bond donors (Lipinski definition) is 0. The number of imidazole rings is 1. The van der Waals surface area contributed by atoms with Crippen LogP contribution in [0.4, 0.5) is 0 Å². The van der Waals surface area contributed by atoms with Crippen LogP contribution >= 0.6 is 0 Å². The van der Waals surface area contributed by atoms with E-state index in [1.54, 1.807) is 16.7 Å². The molecule has 0 saturated carbocycles. The molecule has 4 heterocycles. The molecule has 4 aromatic heterocycles. The summed E-state index contributed by atoms with van der Waals surface area (Å²) in [6.45, 7) is 0. The predicted octanol–water partition coefficient (Wildman–Crippen LogP) is 14.4. The number of benzene rings is 9. The number of para-hydroxylation sites is 5. The fraction of sp³-hybridized carbons (Fsp3) is 0. The Morgan fingerprint density at radius 1 is 0.439 bits per heavy atom. The van der Waals surface area contributed by atoms with Crippen LogP contribution in [-0.4, -0.2) is 18.7 Å². The predicted molar refractivity (Wildman–Crippen MR) is 268 cm³/mol. The third-order valence-electron chi connectivity index (χ3n) is 12.1. The van der Waals surface area contributed by atoms with Gasteiger partial charge in [0.05, 0.1) is 70.1 Å². The number of aromatic nitrogens is 5. The minimum Gasteiger partial charge on any atom is -0.458 e. The topological polar surface area (TPSA) is 40.8 Å². The normalized spacial score (nSPS) is 13.8. The summed E-state index contributed by atoms with van der Waals surface area (Å²) in [4.78, 5) is 5.09. The van der Waals surface area contributed by atoms with Crippen LogP contribution < -0.4 is 9.30 Å². The monoisotopic (exact) mass is 855 g/mol. The zero-order valence-electron chi connectivity index (χ0n) is 44.9. The summed E-state index contributed by atoms with van der Waals surface area (Å²) in [5.41, 5.74) is 7.63. The summed E-state index contributed by atoms with van der Waals surface area (Å²) < 4.78 is 101. The maximum atomic E-state index is 8.87. The van der Waals surface area contributed by atoms with E-state index in [9.17, 15) is 0 Å². The molecule has 0 aliphatic rings. The lowest BCUT2D eigenvalue weighted by Crippen LogP contribution is -2.29. The number of nitrogens with zero attached hydrogens (tertiary/aromatic N) is 5. The van der Waals surface area contributed by atoms with Crippen LogP contribution in [0.15, 0.2) is 236 Å². The van der Waals surface area contributed by atoms with Gasteiger partial charge in [-0.15, -0.1) is 0 Å². The van der Waals surface area contributed by atoms with Gasteiger partial charge in [-0.3, -0.25) is 13.7 Å². The number of fused-ring (bicyclic) bond motifs is 7. The lowest BCUT2D eigenvalue weighted by atomic mass is 9.98. The SMILES string of the molecule is [2H]c1c([2H])c([2H])c(-c2cc(-c3c([2H])c([2H])c([2H])c([2H])c3[2H])cc(-[n+]3[c-]n(-c4cccc(Oc5ccc6c7ccccc7n(-c7ccc(-n8c9ccccc9c9ccccc98)cn7)c6c5)c4)c4ccccc43)c2)c([2H])c1[2H]. The van der Waals surface area contributed by atoms with E-state index in [-0.39, 0.29) is 22.3 Å². The summed E-state index contributed by atoms with van der Waals surface area (Å²) in [7, 11) is 0. The van der Waals surface area contributed by atoms with Crippen molar-refractivity contribution in [2.45, 2.75) is 0 Å². The first kappa shape index (κ1) is 28.6. The molecule has 0 N–H and O–H groups in total. The Balaban J connectivity index is 0.902. The maximum absolute atomic E-state index is 8.87. The Morgan fingerprint density at radius 2 is 1.02 bits per heavy atom. The summed E-state index contributed by atoms with van der Waals surface area (Å²) in [6, 6.07) is 50.0. The first-order valence-corrected chi connectivity index (χ1v) is 21.4. The second-order valence-electron chi connectivity index (χ2n) is 15.9. The van der Waals surface area contributed by atoms with Crippen LogP contribution in [0, 0.1) is 6.33 Å². The molecule has 310 valence electrons. The first-order chi connectivity index (χ1) is 36.9. The molecule has 6 nitrogen and oxygen atoms in total. The molecule has 6 heteroatoms. The van der Waals surface area contributed by atoms with Crippen LogP contribution in [0.5, 0.6) is 11.5 Å². The molecule has 0 unspecified atom stereocenters. The van der Waals surface area contributed by atoms with Crippen LogP contribution in [0.1, 0.15) is 13.7 Å². The van der Waals surface area contributed by atoms with Gasteiger partial charge in [0.15, 0.2) is 0 Å². The van der Waals surface area contributed by atoms with Crippen molar-refractivity contribution in [1.82, 2.24) is 18.7 Å². The van der Waals surface area contributed by atoms with Crippen LogP contribution in [0.3, 0.4) is 0 Å². The van der Waals surface area contributed by atoms with Crippen molar-refractivity contribution >= 4 is 54.6 Å². The Kier molecular flexibility index (Phi) is 6.67. The van der Waals surface area contributed by atoms with Gasteiger partial charge in [-0.05, 0) is 101 Å². The molecule has 0 amide bonds. The fourth-order valence-corrected chi connectivity index (χ4v) is 9.19. The van der Waals surface area contributed by atoms with Gasteiger partial charge < -0.3 is 9.30 Å². The van der Waals surface area contributed by atoms with E-state index in [0.717, 1.165) is 49.9 Å². The molecule has 0 aliphatic carbocycles. The van der Waals surface area contributed by atoms with E-state index >= 15 is 0 Å². The van der Waals surface area contributed by atoms with Crippen molar-refractivity contribution in [2.24, 2.45) is 0 Å². The van der Waals surface area contributed by atoms with Gasteiger partial charge in [0, 0.05) is 27.6 Å². The van der Waals surface area contributed by atoms with E-state index in [0.29, 0.717) is 28.4 Å². The lowest BCUT2D eigenvalue weighted by molar-refractivity contribution is -0.572. The Labute approximate surface area is 394 Å². The fourth-order valence-electron chi connectivity index (χ4n) is 9.19. The molecule has 0 atom stereocenters. The zero-order chi connectivity index (χ0) is 52.3. The van der Waals surface area contributed by atoms with Crippen molar-refractivity contribution in [1.29, 1.82) is 0 Å². The van der Waals surface area contributed by atoms with Gasteiger partial charge in [0.25, 0.3) is 6.33 Å². The molecular weight excluding hydrogens is 807 g/mol. The molecule has 13 aromatic rings. The minimum atomic E-state index is -0.559. The average Bonchev–Trinajstić information content (AvgIpc) is 4.17. The minimum absolute atomic E-state index is 0.112. The largest absolute Gasteiger partial charge is 0.458 e. The van der Waals surface area contributed by atoms with E-state index < -0.39 is 60.4 Å². The lowest BCUT2D eigenvalue weighted by Gasteiger charge is -2.12. The van der Waals surface area contributed by atoms with Crippen molar-refractivity contribution in [3.63, 3.8) is 0 Å². The highest BCUT2D eigenvalue weighted by Crippen LogP contribution is 2.37. The van der Waals surface area contributed by atoms with Crippen LogP contribution in [-0.2, 0) is 0 Å². The highest BCUT2D eigenvalue weighted by atomic mass is 16.5. The molecule has 0 saturated heterocycles. The van der Waals surface area contributed by atoms with Gasteiger partial charge in [-0.25, -0.2) is 4.98 Å². The smallest absolute Gasteiger partial charge is 0.269 e. The van der Waals surface area contributed by atoms with Gasteiger partial charge in [-0.1, -0.05) is 145 Å². The highest BCUT2D eigenvalue weighted by Gasteiger charge is 2.18. The standard InChI is InChI=1S/C60H39N5O/c1-3-16-41(17-4-1)43-34-44(42-18-5-2-6-19-42)36-47(35-43)63-40-62(57-28-13-14-29-58(57)63)45-20-15-21-48(37-45)66-49-31-32-53-52-24-9-12-27-56(52)65(59(53)38-49)60-33-30-46(39-61-60)64-54-25-10-7-22-50(54)51-23-8-11-26-55(51)64/h1-39H/i1D,2D,3D,4D,5D,6D,16D,17D,18D,19D. The summed E-state index contributed by atoms with van der Waals surface area (Å²) in [5, 5.41) is 4.46. The summed E-state index contributed by atoms with van der Waals surface area (Å²) in [5.74, 6) is 1.88. The highest BCUT2D eigenvalue weighted by molar-refractivity contribution is 6.10. The van der Waals surface area contributed by atoms with E-state index in [2.05, 4.69) is 94.3 Å². The maximum Gasteiger partial charge on any atom is 0.269 e. The molecule has 0 fully saturated rings. The molecule has 9 aromatic carbocycles. The van der Waals surface area contributed by atoms with Crippen molar-refractivity contribution < 1.29 is 23.0 Å². The molecule has 0 aliphatic heterocycles. The van der Waals surface area contributed by atoms with Crippen molar-refractivity contribution in [2.75, 3.05) is 0 Å². The van der Waals surface area contributed by atoms with E-state index in [4.69, 9.17) is 23.4 Å². The number of hydrogen-bond acceptors (Lipinski definition) is 2. The van der Waals surface area contributed by atoms with Crippen LogP contribution in [0.2, 0.25) is 0 Å². The van der Waals surface area contributed by atoms with Crippen molar-refractivity contribution in [3.05, 3.63) is 243 Å². The number of ether oxygens (including phenoxy) is 1. The molecular formula is C60H39N5O. The Bertz CT molecular complexity index is 4380. The second kappa shape index (κ2) is 15.4. The summed E-state index contributed by atoms with van der Waals surface area (Å²) >= 11 is 0. The Morgan fingerprint density at radius 3 is 1.65 bits per heavy atom. The van der Waals surface area contributed by atoms with Gasteiger partial charge in [0.1, 0.15) is 17.3 Å². The summed E-state index contributed by atoms with van der Waals surface area (Å²) in [6.07, 6.45) is 5.38. The second-order valence-corrected chi connectivity index (χ2v) is 15.9. The molecule has 0 spiro atoms. The quantitative estimate of drug-likeness (QED) is 0.113. The van der Waals surface area contributed by atoms with E-state index in [1.165, 1.54) is 16.8 Å². The van der Waals surface area contributed by atoms with Crippen molar-refractivity contribution in [3.8, 4) is 56.6 Å². The molecule has 66 heavy (non-hydrogen) atoms. The van der Waals surface area contributed by atoms with Gasteiger partial charge >= 0.3 is 0 Å². The van der Waals surface area contributed by atoms with Gasteiger partial charge in [-0.2, -0.15) is 0 Å². The molecule has 13 rings (SSSR count). The Hall–Kier alpha value is -9.00. The van der Waals surface area contributed by atoms with E-state index in [1.807, 2.05) is 83.6 Å². The molecule has 0 radical (unpaired) electrons. The first-order valence-electron chi connectivity index (χ1n) is 26.4. The average molecular weight is 856 g/mol. The zero-order valence-corrected chi connectivity index (χ0v) is 34.9. The van der Waals surface area contributed by atoms with Gasteiger partial charge in [0.2, 0.25) is 0 Å². The number of pyridine rings is 1. The third-order valence-corrected chi connectivity index (χ3v) is 12.1. The number of rotatable bonds is 8. The van der Waals surface area contributed by atoms with Crippen LogP contribution in [0.25, 0.3) is 99.8 Å². The third kappa shape index (κ3) is 6.26. The molecule has 0 bridgehead atoms.